The van der Waals surface area contributed by atoms with E-state index in [-0.39, 0.29) is 31.1 Å². The van der Waals surface area contributed by atoms with Crippen LogP contribution in [0.15, 0.2) is 134 Å². The van der Waals surface area contributed by atoms with Crippen LogP contribution in [0, 0.1) is 0 Å². The molecule has 0 spiro atoms. The second-order valence-electron chi connectivity index (χ2n) is 22.7. The number of esters is 3. The molecule has 83 heavy (non-hydrogen) atoms. The normalized spacial score (nSPS) is 13.0. The Balaban J connectivity index is 4.32. The Morgan fingerprint density at radius 2 is 0.470 bits per heavy atom. The summed E-state index contributed by atoms with van der Waals surface area (Å²) in [4.78, 5) is 38.4. The maximum atomic E-state index is 12.9. The lowest BCUT2D eigenvalue weighted by Gasteiger charge is -2.18. The van der Waals surface area contributed by atoms with E-state index < -0.39 is 6.10 Å². The molecule has 0 heterocycles. The molecule has 0 fully saturated rings. The zero-order valence-electron chi connectivity index (χ0n) is 54.2. The quantitative estimate of drug-likeness (QED) is 0.0261. The number of unbranched alkanes of at least 4 members (excludes halogenated alkanes) is 29. The number of hydrogen-bond donors (Lipinski definition) is 0. The summed E-state index contributed by atoms with van der Waals surface area (Å²) in [6.45, 7) is 6.49. The van der Waals surface area contributed by atoms with E-state index in [1.165, 1.54) is 135 Å². The van der Waals surface area contributed by atoms with Crippen LogP contribution < -0.4 is 0 Å². The van der Waals surface area contributed by atoms with Gasteiger partial charge in [0.05, 0.1) is 0 Å². The van der Waals surface area contributed by atoms with Crippen molar-refractivity contribution < 1.29 is 28.6 Å². The van der Waals surface area contributed by atoms with E-state index >= 15 is 0 Å². The fourth-order valence-electron chi connectivity index (χ4n) is 9.43. The first kappa shape index (κ1) is 78.5. The summed E-state index contributed by atoms with van der Waals surface area (Å²) in [5.74, 6) is -0.909. The van der Waals surface area contributed by atoms with E-state index in [0.29, 0.717) is 19.3 Å². The number of carbonyl (C=O) groups excluding carboxylic acids is 3. The summed E-state index contributed by atoms with van der Waals surface area (Å²) in [7, 11) is 0. The van der Waals surface area contributed by atoms with Crippen molar-refractivity contribution in [3.8, 4) is 0 Å². The van der Waals surface area contributed by atoms with Crippen LogP contribution in [0.1, 0.15) is 316 Å². The van der Waals surface area contributed by atoms with Gasteiger partial charge in [0, 0.05) is 19.3 Å². The summed E-state index contributed by atoms with van der Waals surface area (Å²) >= 11 is 0. The van der Waals surface area contributed by atoms with E-state index in [1.807, 2.05) is 0 Å². The smallest absolute Gasteiger partial charge is 0.306 e. The Morgan fingerprint density at radius 1 is 0.253 bits per heavy atom. The molecule has 0 aliphatic heterocycles. The minimum Gasteiger partial charge on any atom is -0.462 e. The van der Waals surface area contributed by atoms with Crippen molar-refractivity contribution in [3.63, 3.8) is 0 Å². The average molecular weight is 1150 g/mol. The van der Waals surface area contributed by atoms with Gasteiger partial charge in [-0.15, -0.1) is 0 Å². The van der Waals surface area contributed by atoms with E-state index in [2.05, 4.69) is 154 Å². The summed E-state index contributed by atoms with van der Waals surface area (Å²) in [6.07, 6.45) is 98.9. The lowest BCUT2D eigenvalue weighted by Crippen LogP contribution is -2.30. The minimum atomic E-state index is -0.795. The van der Waals surface area contributed by atoms with Gasteiger partial charge in [0.15, 0.2) is 6.10 Å². The Kier molecular flexibility index (Phi) is 66.3. The second-order valence-corrected chi connectivity index (χ2v) is 22.7. The highest BCUT2D eigenvalue weighted by Gasteiger charge is 2.19. The van der Waals surface area contributed by atoms with Gasteiger partial charge < -0.3 is 14.2 Å². The first-order chi connectivity index (χ1) is 41.0. The summed E-state index contributed by atoms with van der Waals surface area (Å²) < 4.78 is 16.9. The van der Waals surface area contributed by atoms with Gasteiger partial charge in [0.25, 0.3) is 0 Å². The van der Waals surface area contributed by atoms with Crippen LogP contribution in [0.25, 0.3) is 0 Å². The molecule has 0 N–H and O–H groups in total. The molecule has 0 bridgehead atoms. The van der Waals surface area contributed by atoms with Gasteiger partial charge in [-0.05, 0) is 141 Å². The molecule has 0 saturated carbocycles. The zero-order chi connectivity index (χ0) is 59.9. The lowest BCUT2D eigenvalue weighted by atomic mass is 10.1. The minimum absolute atomic E-state index is 0.0905. The van der Waals surface area contributed by atoms with Gasteiger partial charge in [-0.25, -0.2) is 0 Å². The van der Waals surface area contributed by atoms with E-state index in [4.69, 9.17) is 14.2 Å². The van der Waals surface area contributed by atoms with Crippen LogP contribution in [-0.2, 0) is 28.6 Å². The van der Waals surface area contributed by atoms with Crippen molar-refractivity contribution in [1.82, 2.24) is 0 Å². The maximum Gasteiger partial charge on any atom is 0.306 e. The SMILES string of the molecule is CC/C=C\C/C=C\C/C=C\C/C=C\C/C=C\C/C=C\C/C=C\C/C=C\CCCCCCCCCCC(=O)OCC(COC(=O)CCCCCCC/C=C\C/C=C\CCCCC)OC(=O)CCCCCCCCC/C=C\CCCCCCCC. The standard InChI is InChI=1S/C77H128O6/c1-4-7-10-13-16-19-22-25-28-30-31-32-33-34-35-36-37-38-39-40-41-42-43-44-45-47-49-52-55-58-61-64-67-70-76(79)82-73-74(72-81-75(78)69-66-63-60-57-54-51-48-27-24-21-18-15-12-9-6-3)83-77(80)71-68-65-62-59-56-53-50-46-29-26-23-20-17-14-11-8-5-2/h7,10,16,18-19,21,25-29,31-32,34-35,37-38,40-41,43-44,48,74H,4-6,8-9,11-15,17,20,22-24,30,33,36,39,42,45-47,49-73H2,1-3H3/b10-7-,19-16-,21-18-,28-25-,29-26-,32-31-,35-34-,38-37-,41-40-,44-43-,48-27-. The molecular weight excluding hydrogens is 1020 g/mol. The molecule has 0 radical (unpaired) electrons. The van der Waals surface area contributed by atoms with E-state index in [1.54, 1.807) is 0 Å². The highest BCUT2D eigenvalue weighted by molar-refractivity contribution is 5.71. The third-order valence-electron chi connectivity index (χ3n) is 14.6. The fourth-order valence-corrected chi connectivity index (χ4v) is 9.43. The van der Waals surface area contributed by atoms with Crippen LogP contribution >= 0.6 is 0 Å². The van der Waals surface area contributed by atoms with Crippen molar-refractivity contribution in [2.45, 2.75) is 322 Å². The Labute approximate surface area is 513 Å². The molecule has 0 rings (SSSR count). The fraction of sp³-hybridized carbons (Fsp3) is 0.675. The van der Waals surface area contributed by atoms with Crippen molar-refractivity contribution in [2.75, 3.05) is 13.2 Å². The predicted molar refractivity (Wildman–Crippen MR) is 362 cm³/mol. The monoisotopic (exact) mass is 1150 g/mol. The summed E-state index contributed by atoms with van der Waals surface area (Å²) in [5.41, 5.74) is 0. The number of rotatable bonds is 62. The molecule has 6 heteroatoms. The molecule has 0 aromatic rings. The van der Waals surface area contributed by atoms with E-state index in [0.717, 1.165) is 141 Å². The Bertz CT molecular complexity index is 1750. The van der Waals surface area contributed by atoms with Crippen LogP contribution in [0.5, 0.6) is 0 Å². The van der Waals surface area contributed by atoms with Gasteiger partial charge in [-0.2, -0.15) is 0 Å². The van der Waals surface area contributed by atoms with Crippen LogP contribution in [0.2, 0.25) is 0 Å². The molecule has 0 amide bonds. The van der Waals surface area contributed by atoms with Gasteiger partial charge in [0.2, 0.25) is 0 Å². The van der Waals surface area contributed by atoms with Crippen molar-refractivity contribution in [1.29, 1.82) is 0 Å². The van der Waals surface area contributed by atoms with Crippen LogP contribution in [-0.4, -0.2) is 37.2 Å². The van der Waals surface area contributed by atoms with Gasteiger partial charge >= 0.3 is 17.9 Å². The maximum absolute atomic E-state index is 12.9. The predicted octanol–water partition coefficient (Wildman–Crippen LogP) is 24.1. The Hall–Kier alpha value is -4.45. The molecule has 0 aromatic carbocycles. The van der Waals surface area contributed by atoms with Gasteiger partial charge in [-0.1, -0.05) is 289 Å². The second kappa shape index (κ2) is 70.0. The molecule has 0 aromatic heterocycles. The van der Waals surface area contributed by atoms with Crippen LogP contribution in [0.4, 0.5) is 0 Å². The summed E-state index contributed by atoms with van der Waals surface area (Å²) in [5, 5.41) is 0. The number of allylic oxidation sites excluding steroid dienone is 22. The first-order valence-corrected chi connectivity index (χ1v) is 34.7. The molecule has 0 aliphatic rings. The number of hydrogen-bond acceptors (Lipinski definition) is 6. The first-order valence-electron chi connectivity index (χ1n) is 34.7. The lowest BCUT2D eigenvalue weighted by molar-refractivity contribution is -0.167. The van der Waals surface area contributed by atoms with Crippen LogP contribution in [0.3, 0.4) is 0 Å². The third kappa shape index (κ3) is 68.2. The van der Waals surface area contributed by atoms with Gasteiger partial charge in [-0.3, -0.25) is 14.4 Å². The molecule has 472 valence electrons. The largest absolute Gasteiger partial charge is 0.462 e. The zero-order valence-corrected chi connectivity index (χ0v) is 54.2. The topological polar surface area (TPSA) is 78.9 Å². The molecule has 1 unspecified atom stereocenters. The van der Waals surface area contributed by atoms with Crippen molar-refractivity contribution in [3.05, 3.63) is 134 Å². The molecule has 0 aliphatic carbocycles. The molecule has 6 nitrogen and oxygen atoms in total. The average Bonchev–Trinajstić information content (AvgIpc) is 3.49. The van der Waals surface area contributed by atoms with Gasteiger partial charge in [0.1, 0.15) is 13.2 Å². The number of carbonyl (C=O) groups is 3. The molecular formula is C77H128O6. The van der Waals surface area contributed by atoms with Crippen molar-refractivity contribution >= 4 is 17.9 Å². The highest BCUT2D eigenvalue weighted by Crippen LogP contribution is 2.15. The Morgan fingerprint density at radius 3 is 0.771 bits per heavy atom. The molecule has 1 atom stereocenters. The number of ether oxygens (including phenoxy) is 3. The molecule has 0 saturated heterocycles. The van der Waals surface area contributed by atoms with Crippen molar-refractivity contribution in [2.24, 2.45) is 0 Å². The third-order valence-corrected chi connectivity index (χ3v) is 14.6. The van der Waals surface area contributed by atoms with E-state index in [9.17, 15) is 14.4 Å². The highest BCUT2D eigenvalue weighted by atomic mass is 16.6. The summed E-state index contributed by atoms with van der Waals surface area (Å²) in [6, 6.07) is 0.